The van der Waals surface area contributed by atoms with E-state index in [1.54, 1.807) is 12.2 Å². The fraction of sp³-hybridized carbons (Fsp3) is 0. The van der Waals surface area contributed by atoms with Crippen LogP contribution >= 0.6 is 0 Å². The zero-order valence-electron chi connectivity index (χ0n) is 13.6. The molecule has 0 radical (unpaired) electrons. The minimum atomic E-state index is 0.412. The molecular formula is C21H18N4. The van der Waals surface area contributed by atoms with Gasteiger partial charge in [0.2, 0.25) is 0 Å². The predicted molar refractivity (Wildman–Crippen MR) is 103 cm³/mol. The molecule has 6 bridgehead atoms. The standard InChI is InChI=1S/C21H18N4/c1-14-2-3-15(22)11-17-5-7-19(24-17)13-21-9-8-20(25-21)12-18-6-4-16(10-14)23-18/h2-13,22-25H,1H2/b3-2-,16-10?,17-11?,18-12-,19-13?,22-15?. The van der Waals surface area contributed by atoms with E-state index in [0.717, 1.165) is 38.4 Å². The Bertz CT molecular complexity index is 1130. The minimum absolute atomic E-state index is 0.412. The van der Waals surface area contributed by atoms with Crippen molar-refractivity contribution in [2.45, 2.75) is 0 Å². The van der Waals surface area contributed by atoms with Crippen molar-refractivity contribution in [3.05, 3.63) is 93.5 Å². The number of aromatic amines is 3. The van der Waals surface area contributed by atoms with Crippen LogP contribution in [0.1, 0.15) is 11.4 Å². The zero-order chi connectivity index (χ0) is 17.2. The van der Waals surface area contributed by atoms with Gasteiger partial charge in [-0.3, -0.25) is 0 Å². The van der Waals surface area contributed by atoms with Gasteiger partial charge >= 0.3 is 0 Å². The Labute approximate surface area is 144 Å². The summed E-state index contributed by atoms with van der Waals surface area (Å²) in [7, 11) is 0. The van der Waals surface area contributed by atoms with E-state index in [4.69, 9.17) is 5.41 Å². The fourth-order valence-corrected chi connectivity index (χ4v) is 2.79. The number of hydrogen-bond donors (Lipinski definition) is 4. The fourth-order valence-electron chi connectivity index (χ4n) is 2.79. The Balaban J connectivity index is 1.90. The molecule has 4 rings (SSSR count). The molecule has 1 aliphatic rings. The van der Waals surface area contributed by atoms with Crippen molar-refractivity contribution in [1.82, 2.24) is 15.0 Å². The van der Waals surface area contributed by atoms with Crippen molar-refractivity contribution in [2.75, 3.05) is 0 Å². The van der Waals surface area contributed by atoms with Gasteiger partial charge in [-0.05, 0) is 72.4 Å². The van der Waals surface area contributed by atoms with Crippen LogP contribution in [0, 0.1) is 5.41 Å². The second-order valence-corrected chi connectivity index (χ2v) is 6.05. The molecule has 0 fully saturated rings. The lowest BCUT2D eigenvalue weighted by Crippen LogP contribution is -2.10. The third kappa shape index (κ3) is 3.53. The molecule has 0 saturated heterocycles. The number of H-pyrrole nitrogens is 3. The molecule has 3 aromatic heterocycles. The van der Waals surface area contributed by atoms with Crippen molar-refractivity contribution in [1.29, 1.82) is 5.41 Å². The predicted octanol–water partition coefficient (Wildman–Crippen LogP) is 1.04. The second kappa shape index (κ2) is 6.17. The Morgan fingerprint density at radius 3 is 1.72 bits per heavy atom. The van der Waals surface area contributed by atoms with Crippen molar-refractivity contribution < 1.29 is 0 Å². The van der Waals surface area contributed by atoms with Crippen LogP contribution in [-0.2, 0) is 0 Å². The van der Waals surface area contributed by atoms with Crippen molar-refractivity contribution in [3.8, 4) is 0 Å². The number of hydrogen-bond acceptors (Lipinski definition) is 1. The summed E-state index contributed by atoms with van der Waals surface area (Å²) in [5.41, 5.74) is 3.29. The normalized spacial score (nSPS) is 16.7. The average Bonchev–Trinajstić information content (AvgIpc) is 3.29. The molecule has 0 spiro atoms. The Morgan fingerprint density at radius 2 is 1.12 bits per heavy atom. The van der Waals surface area contributed by atoms with E-state index in [2.05, 4.69) is 27.6 Å². The molecule has 25 heavy (non-hydrogen) atoms. The van der Waals surface area contributed by atoms with Crippen molar-refractivity contribution >= 4 is 30.0 Å². The van der Waals surface area contributed by atoms with Gasteiger partial charge in [0.1, 0.15) is 0 Å². The minimum Gasteiger partial charge on any atom is -0.355 e. The maximum atomic E-state index is 8.07. The van der Waals surface area contributed by atoms with E-state index in [1.165, 1.54) is 0 Å². The summed E-state index contributed by atoms with van der Waals surface area (Å²) >= 11 is 0. The molecule has 4 heteroatoms. The van der Waals surface area contributed by atoms with Gasteiger partial charge in [0.05, 0.1) is 5.71 Å². The molecule has 0 saturated carbocycles. The van der Waals surface area contributed by atoms with Crippen LogP contribution in [0.15, 0.2) is 60.7 Å². The first-order chi connectivity index (χ1) is 12.1. The molecule has 0 aromatic carbocycles. The molecule has 4 heterocycles. The quantitative estimate of drug-likeness (QED) is 0.477. The largest absolute Gasteiger partial charge is 0.355 e. The van der Waals surface area contributed by atoms with Gasteiger partial charge in [-0.2, -0.15) is 0 Å². The first-order valence-electron chi connectivity index (χ1n) is 8.06. The highest BCUT2D eigenvalue weighted by Crippen LogP contribution is 2.03. The number of aromatic nitrogens is 3. The summed E-state index contributed by atoms with van der Waals surface area (Å²) < 4.78 is 0. The lowest BCUT2D eigenvalue weighted by molar-refractivity contribution is 1.25. The Morgan fingerprint density at radius 1 is 0.600 bits per heavy atom. The molecule has 4 N–H and O–H groups in total. The average molecular weight is 326 g/mol. The lowest BCUT2D eigenvalue weighted by Gasteiger charge is -1.90. The monoisotopic (exact) mass is 326 g/mol. The van der Waals surface area contributed by atoms with Crippen LogP contribution < -0.4 is 21.4 Å². The molecule has 4 nitrogen and oxygen atoms in total. The molecule has 0 amide bonds. The molecule has 0 unspecified atom stereocenters. The van der Waals surface area contributed by atoms with Gasteiger partial charge in [0, 0.05) is 32.8 Å². The van der Waals surface area contributed by atoms with E-state index >= 15 is 0 Å². The maximum absolute atomic E-state index is 8.07. The van der Waals surface area contributed by atoms with Crippen LogP contribution in [0.25, 0.3) is 24.3 Å². The first kappa shape index (κ1) is 15.0. The molecule has 1 aliphatic heterocycles. The number of nitrogens with one attached hydrogen (secondary N) is 4. The third-order valence-electron chi connectivity index (χ3n) is 3.94. The van der Waals surface area contributed by atoms with Gasteiger partial charge in [0.25, 0.3) is 0 Å². The topological polar surface area (TPSA) is 71.2 Å². The van der Waals surface area contributed by atoms with Gasteiger partial charge in [-0.25, -0.2) is 0 Å². The number of rotatable bonds is 0. The first-order valence-corrected chi connectivity index (χ1v) is 8.06. The van der Waals surface area contributed by atoms with Gasteiger partial charge in [0.15, 0.2) is 0 Å². The highest BCUT2D eigenvalue weighted by molar-refractivity contribution is 6.15. The summed E-state index contributed by atoms with van der Waals surface area (Å²) in [6.45, 7) is 4.02. The summed E-state index contributed by atoms with van der Waals surface area (Å²) in [4.78, 5) is 10.0. The number of fused-ring (bicyclic) bond motifs is 6. The summed E-state index contributed by atoms with van der Waals surface area (Å²) in [6.07, 6.45) is 11.4. The summed E-state index contributed by atoms with van der Waals surface area (Å²) in [5.74, 6) is 0. The SMILES string of the molecule is C=C1C=c2cc/c([nH]2)=C/c2ccc([nH]2)C=c2ccc([nH]2)=CC(=N)/C=C\1. The molecule has 0 atom stereocenters. The van der Waals surface area contributed by atoms with Gasteiger partial charge in [-0.1, -0.05) is 12.7 Å². The van der Waals surface area contributed by atoms with Crippen LogP contribution in [0.5, 0.6) is 0 Å². The highest BCUT2D eigenvalue weighted by atomic mass is 14.7. The van der Waals surface area contributed by atoms with Crippen LogP contribution in [-0.4, -0.2) is 20.7 Å². The molecule has 0 aliphatic carbocycles. The Kier molecular flexibility index (Phi) is 3.71. The lowest BCUT2D eigenvalue weighted by atomic mass is 10.2. The van der Waals surface area contributed by atoms with Gasteiger partial charge in [-0.15, -0.1) is 0 Å². The zero-order valence-corrected chi connectivity index (χ0v) is 13.6. The third-order valence-corrected chi connectivity index (χ3v) is 3.94. The van der Waals surface area contributed by atoms with E-state index in [-0.39, 0.29) is 0 Å². The Hall–Kier alpha value is -3.53. The van der Waals surface area contributed by atoms with Crippen LogP contribution in [0.3, 0.4) is 0 Å². The number of allylic oxidation sites excluding steroid dienone is 3. The molecule has 3 aromatic rings. The smallest absolute Gasteiger partial charge is 0.0560 e. The van der Waals surface area contributed by atoms with Crippen molar-refractivity contribution in [3.63, 3.8) is 0 Å². The van der Waals surface area contributed by atoms with Crippen LogP contribution in [0.4, 0.5) is 0 Å². The summed E-state index contributed by atoms with van der Waals surface area (Å²) in [5, 5.41) is 11.9. The van der Waals surface area contributed by atoms with Crippen LogP contribution in [0.2, 0.25) is 0 Å². The van der Waals surface area contributed by atoms with E-state index in [1.807, 2.05) is 54.6 Å². The van der Waals surface area contributed by atoms with Crippen molar-refractivity contribution in [2.24, 2.45) is 0 Å². The van der Waals surface area contributed by atoms with Gasteiger partial charge < -0.3 is 20.4 Å². The second-order valence-electron chi connectivity index (χ2n) is 6.05. The van der Waals surface area contributed by atoms with E-state index in [0.29, 0.717) is 5.71 Å². The maximum Gasteiger partial charge on any atom is 0.0560 e. The molecule has 122 valence electrons. The van der Waals surface area contributed by atoms with E-state index in [9.17, 15) is 0 Å². The summed E-state index contributed by atoms with van der Waals surface area (Å²) in [6, 6.07) is 12.1. The molecular weight excluding hydrogens is 308 g/mol. The highest BCUT2D eigenvalue weighted by Gasteiger charge is 1.95. The van der Waals surface area contributed by atoms with E-state index < -0.39 is 0 Å².